The lowest BCUT2D eigenvalue weighted by molar-refractivity contribution is 0.0594. The van der Waals surface area contributed by atoms with Crippen molar-refractivity contribution in [3.8, 4) is 5.82 Å². The molecule has 0 unspecified atom stereocenters. The summed E-state index contributed by atoms with van der Waals surface area (Å²) < 4.78 is 6.16. The molecule has 0 aliphatic carbocycles. The summed E-state index contributed by atoms with van der Waals surface area (Å²) in [6.45, 7) is 1.84. The molecule has 7 nitrogen and oxygen atoms in total. The number of methoxy groups -OCH3 is 1. The molecule has 17 heavy (non-hydrogen) atoms. The minimum Gasteiger partial charge on any atom is -0.464 e. The van der Waals surface area contributed by atoms with Crippen LogP contribution in [0.2, 0.25) is 0 Å². The van der Waals surface area contributed by atoms with Crippen LogP contribution in [0.15, 0.2) is 18.7 Å². The predicted octanol–water partition coefficient (Wildman–Crippen LogP) is 0.340. The molecule has 0 bridgehead atoms. The molecule has 2 aromatic heterocycles. The molecule has 2 aromatic rings. The van der Waals surface area contributed by atoms with Crippen LogP contribution in [0.5, 0.6) is 0 Å². The quantitative estimate of drug-likeness (QED) is 0.751. The SMILES string of the molecule is COC(=O)c1cn(-c2nc(N)ncc2C)cn1. The molecule has 7 heteroatoms. The highest BCUT2D eigenvalue weighted by Gasteiger charge is 2.11. The fraction of sp³-hybridized carbons (Fsp3) is 0.200. The minimum absolute atomic E-state index is 0.166. The van der Waals surface area contributed by atoms with E-state index in [9.17, 15) is 4.79 Å². The molecule has 0 saturated heterocycles. The Bertz CT molecular complexity index is 564. The maximum atomic E-state index is 11.3. The number of aryl methyl sites for hydroxylation is 1. The van der Waals surface area contributed by atoms with Crippen molar-refractivity contribution >= 4 is 11.9 Å². The lowest BCUT2D eigenvalue weighted by atomic mass is 10.3. The van der Waals surface area contributed by atoms with Gasteiger partial charge in [0.25, 0.3) is 0 Å². The van der Waals surface area contributed by atoms with Crippen LogP contribution in [-0.2, 0) is 4.74 Å². The van der Waals surface area contributed by atoms with E-state index in [2.05, 4.69) is 19.7 Å². The number of imidazole rings is 1. The fourth-order valence-electron chi connectivity index (χ4n) is 1.36. The summed E-state index contributed by atoms with van der Waals surface area (Å²) in [5, 5.41) is 0. The number of carbonyl (C=O) groups is 1. The summed E-state index contributed by atoms with van der Waals surface area (Å²) in [5.41, 5.74) is 6.55. The van der Waals surface area contributed by atoms with Crippen molar-refractivity contribution in [2.45, 2.75) is 6.92 Å². The highest BCUT2D eigenvalue weighted by Crippen LogP contribution is 2.12. The molecule has 0 atom stereocenters. The number of aromatic nitrogens is 4. The van der Waals surface area contributed by atoms with Gasteiger partial charge in [-0.1, -0.05) is 0 Å². The molecule has 2 heterocycles. The molecule has 0 spiro atoms. The predicted molar refractivity (Wildman–Crippen MR) is 59.6 cm³/mol. The van der Waals surface area contributed by atoms with Gasteiger partial charge in [-0.05, 0) is 6.92 Å². The fourth-order valence-corrected chi connectivity index (χ4v) is 1.36. The largest absolute Gasteiger partial charge is 0.464 e. The molecule has 88 valence electrons. The van der Waals surface area contributed by atoms with Crippen LogP contribution in [0.4, 0.5) is 5.95 Å². The van der Waals surface area contributed by atoms with Gasteiger partial charge in [0.2, 0.25) is 5.95 Å². The second kappa shape index (κ2) is 4.20. The van der Waals surface area contributed by atoms with Crippen LogP contribution < -0.4 is 5.73 Å². The van der Waals surface area contributed by atoms with Gasteiger partial charge in [-0.15, -0.1) is 0 Å². The number of hydrogen-bond acceptors (Lipinski definition) is 6. The van der Waals surface area contributed by atoms with E-state index in [0.29, 0.717) is 5.82 Å². The van der Waals surface area contributed by atoms with Gasteiger partial charge in [0.15, 0.2) is 5.69 Å². The number of nitrogens with zero attached hydrogens (tertiary/aromatic N) is 4. The Morgan fingerprint density at radius 3 is 2.94 bits per heavy atom. The van der Waals surface area contributed by atoms with Gasteiger partial charge >= 0.3 is 5.97 Å². The zero-order chi connectivity index (χ0) is 12.4. The van der Waals surface area contributed by atoms with Crippen molar-refractivity contribution in [3.63, 3.8) is 0 Å². The van der Waals surface area contributed by atoms with Gasteiger partial charge in [-0.2, -0.15) is 4.98 Å². The van der Waals surface area contributed by atoms with Crippen molar-refractivity contribution in [1.82, 2.24) is 19.5 Å². The summed E-state index contributed by atoms with van der Waals surface area (Å²) in [5.74, 6) is 0.252. The number of ether oxygens (including phenoxy) is 1. The molecule has 0 aliphatic rings. The molecule has 0 amide bonds. The zero-order valence-electron chi connectivity index (χ0n) is 9.41. The summed E-state index contributed by atoms with van der Waals surface area (Å²) >= 11 is 0. The minimum atomic E-state index is -0.497. The van der Waals surface area contributed by atoms with Gasteiger partial charge in [-0.25, -0.2) is 14.8 Å². The third kappa shape index (κ3) is 2.07. The van der Waals surface area contributed by atoms with E-state index in [1.54, 1.807) is 10.8 Å². The Hall–Kier alpha value is -2.44. The van der Waals surface area contributed by atoms with Crippen LogP contribution in [-0.4, -0.2) is 32.6 Å². The second-order valence-corrected chi connectivity index (χ2v) is 3.39. The van der Waals surface area contributed by atoms with Gasteiger partial charge < -0.3 is 10.5 Å². The van der Waals surface area contributed by atoms with Crippen molar-refractivity contribution in [3.05, 3.63) is 30.0 Å². The maximum absolute atomic E-state index is 11.3. The molecule has 2 rings (SSSR count). The number of esters is 1. The Kier molecular flexibility index (Phi) is 2.73. The first-order valence-corrected chi connectivity index (χ1v) is 4.83. The first kappa shape index (κ1) is 11.1. The number of anilines is 1. The number of rotatable bonds is 2. The summed E-state index contributed by atoms with van der Waals surface area (Å²) in [4.78, 5) is 23.1. The Balaban J connectivity index is 2.43. The summed E-state index contributed by atoms with van der Waals surface area (Å²) in [6, 6.07) is 0. The topological polar surface area (TPSA) is 95.9 Å². The average Bonchev–Trinajstić information content (AvgIpc) is 2.80. The number of nitrogen functional groups attached to an aromatic ring is 1. The first-order valence-electron chi connectivity index (χ1n) is 4.83. The van der Waals surface area contributed by atoms with Crippen molar-refractivity contribution in [2.75, 3.05) is 12.8 Å². The van der Waals surface area contributed by atoms with Gasteiger partial charge in [0.05, 0.1) is 7.11 Å². The van der Waals surface area contributed by atoms with E-state index >= 15 is 0 Å². The smallest absolute Gasteiger partial charge is 0.358 e. The van der Waals surface area contributed by atoms with E-state index in [0.717, 1.165) is 5.56 Å². The molecule has 0 saturated carbocycles. The van der Waals surface area contributed by atoms with Crippen LogP contribution in [0.1, 0.15) is 16.1 Å². The van der Waals surface area contributed by atoms with E-state index in [-0.39, 0.29) is 11.6 Å². The monoisotopic (exact) mass is 233 g/mol. The summed E-state index contributed by atoms with van der Waals surface area (Å²) in [7, 11) is 1.30. The van der Waals surface area contributed by atoms with Gasteiger partial charge in [0.1, 0.15) is 12.1 Å². The Morgan fingerprint density at radius 2 is 2.24 bits per heavy atom. The van der Waals surface area contributed by atoms with Gasteiger partial charge in [0, 0.05) is 18.0 Å². The highest BCUT2D eigenvalue weighted by molar-refractivity contribution is 5.86. The Labute approximate surface area is 97.3 Å². The van der Waals surface area contributed by atoms with Crippen LogP contribution in [0, 0.1) is 6.92 Å². The molecular formula is C10H11N5O2. The molecular weight excluding hydrogens is 222 g/mol. The van der Waals surface area contributed by atoms with E-state index in [1.807, 2.05) is 6.92 Å². The van der Waals surface area contributed by atoms with Crippen molar-refractivity contribution < 1.29 is 9.53 Å². The van der Waals surface area contributed by atoms with Gasteiger partial charge in [-0.3, -0.25) is 4.57 Å². The Morgan fingerprint density at radius 1 is 1.47 bits per heavy atom. The molecule has 0 fully saturated rings. The van der Waals surface area contributed by atoms with Crippen LogP contribution in [0.25, 0.3) is 5.82 Å². The number of hydrogen-bond donors (Lipinski definition) is 1. The van der Waals surface area contributed by atoms with Crippen molar-refractivity contribution in [1.29, 1.82) is 0 Å². The number of carbonyl (C=O) groups excluding carboxylic acids is 1. The maximum Gasteiger partial charge on any atom is 0.358 e. The van der Waals surface area contributed by atoms with Crippen molar-refractivity contribution in [2.24, 2.45) is 0 Å². The third-order valence-electron chi connectivity index (χ3n) is 2.19. The molecule has 0 radical (unpaired) electrons. The van der Waals surface area contributed by atoms with Crippen LogP contribution >= 0.6 is 0 Å². The molecule has 0 aliphatic heterocycles. The summed E-state index contributed by atoms with van der Waals surface area (Å²) in [6.07, 6.45) is 4.61. The average molecular weight is 233 g/mol. The molecule has 0 aromatic carbocycles. The molecule has 2 N–H and O–H groups in total. The van der Waals surface area contributed by atoms with E-state index in [1.165, 1.54) is 19.6 Å². The van der Waals surface area contributed by atoms with E-state index in [4.69, 9.17) is 5.73 Å². The third-order valence-corrected chi connectivity index (χ3v) is 2.19. The highest BCUT2D eigenvalue weighted by atomic mass is 16.5. The van der Waals surface area contributed by atoms with E-state index < -0.39 is 5.97 Å². The lowest BCUT2D eigenvalue weighted by Gasteiger charge is -2.04. The zero-order valence-corrected chi connectivity index (χ0v) is 9.41. The normalized spacial score (nSPS) is 10.2. The first-order chi connectivity index (χ1) is 8.11. The lowest BCUT2D eigenvalue weighted by Crippen LogP contribution is -2.04. The second-order valence-electron chi connectivity index (χ2n) is 3.39. The van der Waals surface area contributed by atoms with Crippen LogP contribution in [0.3, 0.4) is 0 Å². The number of nitrogens with two attached hydrogens (primary N) is 1. The standard InChI is InChI=1S/C10H11N5O2/c1-6-3-12-10(11)14-8(6)15-4-7(13-5-15)9(16)17-2/h3-5H,1-2H3,(H2,11,12,14).